The van der Waals surface area contributed by atoms with Crippen molar-refractivity contribution >= 4 is 17.2 Å². The largest absolute Gasteiger partial charge is 0.396 e. The van der Waals surface area contributed by atoms with Gasteiger partial charge in [0.25, 0.3) is 5.91 Å². The van der Waals surface area contributed by atoms with E-state index in [2.05, 4.69) is 42.3 Å². The molecule has 0 saturated carbocycles. The van der Waals surface area contributed by atoms with Crippen molar-refractivity contribution in [1.29, 1.82) is 0 Å². The number of carbonyl (C=O) groups is 1. The average Bonchev–Trinajstić information content (AvgIpc) is 2.87. The number of rotatable bonds is 6. The van der Waals surface area contributed by atoms with Gasteiger partial charge < -0.3 is 10.4 Å². The smallest absolute Gasteiger partial charge is 0.263 e. The third kappa shape index (κ3) is 4.39. The predicted molar refractivity (Wildman–Crippen MR) is 95.0 cm³/mol. The molecule has 1 amide bonds. The zero-order valence-electron chi connectivity index (χ0n) is 14.1. The first kappa shape index (κ1) is 17.6. The van der Waals surface area contributed by atoms with Crippen LogP contribution in [0.1, 0.15) is 39.8 Å². The van der Waals surface area contributed by atoms with Gasteiger partial charge in [0.05, 0.1) is 5.69 Å². The molecule has 23 heavy (non-hydrogen) atoms. The molecule has 1 aromatic carbocycles. The molecule has 0 aliphatic carbocycles. The van der Waals surface area contributed by atoms with Crippen molar-refractivity contribution in [3.05, 3.63) is 39.9 Å². The summed E-state index contributed by atoms with van der Waals surface area (Å²) in [4.78, 5) is 17.6. The summed E-state index contributed by atoms with van der Waals surface area (Å²) in [6, 6.07) is 6.26. The first-order valence-electron chi connectivity index (χ1n) is 7.86. The minimum absolute atomic E-state index is 0.0826. The van der Waals surface area contributed by atoms with E-state index < -0.39 is 0 Å². The number of aliphatic hydroxyl groups excluding tert-OH is 1. The number of aliphatic hydroxyl groups is 1. The second-order valence-electron chi connectivity index (χ2n) is 6.08. The molecular weight excluding hydrogens is 308 g/mol. The fourth-order valence-electron chi connectivity index (χ4n) is 2.45. The lowest BCUT2D eigenvalue weighted by Gasteiger charge is -2.10. The highest BCUT2D eigenvalue weighted by Gasteiger charge is 2.17. The number of hydrogen-bond acceptors (Lipinski definition) is 4. The first-order valence-corrected chi connectivity index (χ1v) is 8.68. The summed E-state index contributed by atoms with van der Waals surface area (Å²) in [7, 11) is 0. The molecule has 0 radical (unpaired) electrons. The zero-order valence-corrected chi connectivity index (χ0v) is 15.0. The number of amides is 1. The maximum absolute atomic E-state index is 12.4. The van der Waals surface area contributed by atoms with E-state index in [-0.39, 0.29) is 18.4 Å². The maximum Gasteiger partial charge on any atom is 0.263 e. The second-order valence-corrected chi connectivity index (χ2v) is 7.08. The number of nitrogens with one attached hydrogen (secondary N) is 1. The van der Waals surface area contributed by atoms with Gasteiger partial charge in [0.15, 0.2) is 0 Å². The molecule has 0 aliphatic rings. The van der Waals surface area contributed by atoms with Gasteiger partial charge in [0.1, 0.15) is 9.88 Å². The number of carbonyl (C=O) groups excluding carboxylic acids is 1. The Morgan fingerprint density at radius 1 is 1.35 bits per heavy atom. The molecule has 2 aromatic rings. The molecule has 1 atom stereocenters. The van der Waals surface area contributed by atoms with Gasteiger partial charge in [-0.05, 0) is 38.7 Å². The molecule has 0 saturated heterocycles. The van der Waals surface area contributed by atoms with Crippen LogP contribution in [0.2, 0.25) is 0 Å². The van der Waals surface area contributed by atoms with E-state index in [1.54, 1.807) is 0 Å². The van der Waals surface area contributed by atoms with Crippen LogP contribution in [0, 0.1) is 26.7 Å². The second kappa shape index (κ2) is 7.70. The summed E-state index contributed by atoms with van der Waals surface area (Å²) in [5.41, 5.74) is 4.23. The lowest BCUT2D eigenvalue weighted by molar-refractivity contribution is 0.0948. The Morgan fingerprint density at radius 3 is 2.74 bits per heavy atom. The van der Waals surface area contributed by atoms with Crippen LogP contribution < -0.4 is 5.32 Å². The fourth-order valence-corrected chi connectivity index (χ4v) is 3.52. The van der Waals surface area contributed by atoms with Crippen LogP contribution in [0.15, 0.2) is 18.2 Å². The monoisotopic (exact) mass is 332 g/mol. The molecule has 1 aromatic heterocycles. The highest BCUT2D eigenvalue weighted by Crippen LogP contribution is 2.30. The third-order valence-corrected chi connectivity index (χ3v) is 5.04. The Bertz CT molecular complexity index is 694. The molecular formula is C18H24N2O2S. The first-order chi connectivity index (χ1) is 10.9. The summed E-state index contributed by atoms with van der Waals surface area (Å²) >= 11 is 1.43. The van der Waals surface area contributed by atoms with E-state index in [0.29, 0.717) is 17.8 Å². The number of thiazole rings is 1. The van der Waals surface area contributed by atoms with E-state index >= 15 is 0 Å². The van der Waals surface area contributed by atoms with Crippen molar-refractivity contribution in [2.24, 2.45) is 5.92 Å². The van der Waals surface area contributed by atoms with Crippen molar-refractivity contribution in [2.45, 2.75) is 34.1 Å². The quantitative estimate of drug-likeness (QED) is 0.851. The summed E-state index contributed by atoms with van der Waals surface area (Å²) in [6.07, 6.45) is 0.690. The normalized spacial score (nSPS) is 12.2. The van der Waals surface area contributed by atoms with Gasteiger partial charge in [0.2, 0.25) is 0 Å². The van der Waals surface area contributed by atoms with Crippen molar-refractivity contribution < 1.29 is 9.90 Å². The highest BCUT2D eigenvalue weighted by molar-refractivity contribution is 7.17. The molecule has 4 nitrogen and oxygen atoms in total. The van der Waals surface area contributed by atoms with Crippen LogP contribution in [0.5, 0.6) is 0 Å². The number of nitrogens with zero attached hydrogens (tertiary/aromatic N) is 1. The van der Waals surface area contributed by atoms with Crippen molar-refractivity contribution in [3.8, 4) is 10.6 Å². The van der Waals surface area contributed by atoms with Gasteiger partial charge in [-0.2, -0.15) is 0 Å². The van der Waals surface area contributed by atoms with Crippen molar-refractivity contribution in [2.75, 3.05) is 13.2 Å². The van der Waals surface area contributed by atoms with Gasteiger partial charge in [-0.15, -0.1) is 11.3 Å². The Morgan fingerprint density at radius 2 is 2.09 bits per heavy atom. The average molecular weight is 332 g/mol. The fraction of sp³-hybridized carbons (Fsp3) is 0.444. The lowest BCUT2D eigenvalue weighted by Crippen LogP contribution is -2.28. The van der Waals surface area contributed by atoms with Gasteiger partial charge in [0, 0.05) is 18.7 Å². The van der Waals surface area contributed by atoms with E-state index in [1.165, 1.54) is 22.5 Å². The van der Waals surface area contributed by atoms with Crippen molar-refractivity contribution in [1.82, 2.24) is 10.3 Å². The number of aryl methyl sites for hydroxylation is 3. The van der Waals surface area contributed by atoms with Crippen LogP contribution in [0.3, 0.4) is 0 Å². The third-order valence-electron chi connectivity index (χ3n) is 3.85. The molecule has 2 N–H and O–H groups in total. The molecule has 0 fully saturated rings. The maximum atomic E-state index is 12.4. The van der Waals surface area contributed by atoms with Crippen LogP contribution in [0.4, 0.5) is 0 Å². The minimum atomic E-state index is -0.0826. The van der Waals surface area contributed by atoms with E-state index in [1.807, 2.05) is 13.8 Å². The summed E-state index contributed by atoms with van der Waals surface area (Å²) in [6.45, 7) is 8.72. The van der Waals surface area contributed by atoms with Gasteiger partial charge in [-0.1, -0.05) is 30.7 Å². The molecule has 1 unspecified atom stereocenters. The minimum Gasteiger partial charge on any atom is -0.396 e. The Hall–Kier alpha value is -1.72. The Kier molecular flexibility index (Phi) is 5.91. The van der Waals surface area contributed by atoms with Crippen molar-refractivity contribution in [3.63, 3.8) is 0 Å². The Balaban J connectivity index is 2.16. The van der Waals surface area contributed by atoms with Gasteiger partial charge >= 0.3 is 0 Å². The van der Waals surface area contributed by atoms with Crippen LogP contribution >= 0.6 is 11.3 Å². The van der Waals surface area contributed by atoms with Gasteiger partial charge in [-0.3, -0.25) is 4.79 Å². The summed E-state index contributed by atoms with van der Waals surface area (Å²) < 4.78 is 0. The van der Waals surface area contributed by atoms with Crippen LogP contribution in [-0.4, -0.2) is 29.1 Å². The van der Waals surface area contributed by atoms with Crippen LogP contribution in [0.25, 0.3) is 10.6 Å². The SMILES string of the molecule is Cc1ccc(-c2nc(C)c(C(=O)NCC(C)CCO)s2)c(C)c1. The molecule has 124 valence electrons. The Labute approximate surface area is 141 Å². The molecule has 0 aliphatic heterocycles. The van der Waals surface area contributed by atoms with Crippen LogP contribution in [-0.2, 0) is 0 Å². The molecule has 2 rings (SSSR count). The topological polar surface area (TPSA) is 62.2 Å². The van der Waals surface area contributed by atoms with E-state index in [0.717, 1.165) is 16.3 Å². The summed E-state index contributed by atoms with van der Waals surface area (Å²) in [5, 5.41) is 12.7. The zero-order chi connectivity index (χ0) is 17.0. The molecule has 1 heterocycles. The highest BCUT2D eigenvalue weighted by atomic mass is 32.1. The van der Waals surface area contributed by atoms with E-state index in [4.69, 9.17) is 5.11 Å². The summed E-state index contributed by atoms with van der Waals surface area (Å²) in [5.74, 6) is 0.178. The number of benzene rings is 1. The van der Waals surface area contributed by atoms with Gasteiger partial charge in [-0.25, -0.2) is 4.98 Å². The molecule has 0 bridgehead atoms. The molecule has 0 spiro atoms. The molecule has 5 heteroatoms. The van der Waals surface area contributed by atoms with E-state index in [9.17, 15) is 4.79 Å². The number of aromatic nitrogens is 1. The number of hydrogen-bond donors (Lipinski definition) is 2. The lowest BCUT2D eigenvalue weighted by atomic mass is 10.1. The standard InChI is InChI=1S/C18H24N2O2S/c1-11-5-6-15(13(3)9-11)18-20-14(4)16(23-18)17(22)19-10-12(2)7-8-21/h5-6,9,12,21H,7-8,10H2,1-4H3,(H,19,22). The predicted octanol–water partition coefficient (Wildman–Crippen LogP) is 3.48.